The van der Waals surface area contributed by atoms with E-state index >= 15 is 0 Å². The van der Waals surface area contributed by atoms with Gasteiger partial charge >= 0.3 is 0 Å². The van der Waals surface area contributed by atoms with E-state index in [1.165, 1.54) is 15.3 Å². The zero-order valence-electron chi connectivity index (χ0n) is 19.5. The van der Waals surface area contributed by atoms with E-state index in [2.05, 4.69) is 5.32 Å². The van der Waals surface area contributed by atoms with Crippen molar-refractivity contribution in [3.8, 4) is 0 Å². The summed E-state index contributed by atoms with van der Waals surface area (Å²) in [6.07, 6.45) is 1.38. The number of sulfonamides is 1. The number of hydrogen-bond donors (Lipinski definition) is 1. The maximum absolute atomic E-state index is 14.2. The Bertz CT molecular complexity index is 1070. The molecule has 2 aromatic carbocycles. The zero-order chi connectivity index (χ0) is 24.6. The van der Waals surface area contributed by atoms with Gasteiger partial charge in [0.05, 0.1) is 11.9 Å². The third-order valence-corrected chi connectivity index (χ3v) is 6.45. The largest absolute Gasteiger partial charge is 0.355 e. The zero-order valence-corrected chi connectivity index (χ0v) is 20.4. The Kier molecular flexibility index (Phi) is 9.40. The van der Waals surface area contributed by atoms with Gasteiger partial charge in [0.15, 0.2) is 0 Å². The van der Waals surface area contributed by atoms with Crippen molar-refractivity contribution in [2.75, 3.05) is 23.7 Å². The van der Waals surface area contributed by atoms with Crippen LogP contribution >= 0.6 is 0 Å². The Balaban J connectivity index is 2.16. The molecule has 33 heavy (non-hydrogen) atoms. The molecule has 2 aromatic rings. The monoisotopic (exact) mass is 477 g/mol. The number of amides is 2. The summed E-state index contributed by atoms with van der Waals surface area (Å²) >= 11 is 0. The van der Waals surface area contributed by atoms with Gasteiger partial charge in [-0.1, -0.05) is 30.3 Å². The highest BCUT2D eigenvalue weighted by Crippen LogP contribution is 2.20. The first kappa shape index (κ1) is 26.3. The normalized spacial score (nSPS) is 12.2. The minimum Gasteiger partial charge on any atom is -0.355 e. The van der Waals surface area contributed by atoms with Crippen LogP contribution in [0.25, 0.3) is 0 Å². The predicted molar refractivity (Wildman–Crippen MR) is 128 cm³/mol. The fourth-order valence-electron chi connectivity index (χ4n) is 3.50. The van der Waals surface area contributed by atoms with Gasteiger partial charge in [-0.15, -0.1) is 0 Å². The summed E-state index contributed by atoms with van der Waals surface area (Å²) in [5.74, 6) is -1.14. The molecule has 0 bridgehead atoms. The molecule has 0 spiro atoms. The summed E-state index contributed by atoms with van der Waals surface area (Å²) in [6.45, 7) is 5.70. The lowest BCUT2D eigenvalue weighted by Crippen LogP contribution is -2.47. The van der Waals surface area contributed by atoms with Crippen molar-refractivity contribution in [2.45, 2.75) is 46.2 Å². The number of anilines is 1. The molecular weight excluding hydrogens is 445 g/mol. The number of rotatable bonds is 11. The highest BCUT2D eigenvalue weighted by atomic mass is 32.2. The van der Waals surface area contributed by atoms with Crippen molar-refractivity contribution in [1.82, 2.24) is 10.2 Å². The molecule has 2 amide bonds. The highest BCUT2D eigenvalue weighted by Gasteiger charge is 2.27. The molecular formula is C24H32FN3O4S. The summed E-state index contributed by atoms with van der Waals surface area (Å²) < 4.78 is 40.2. The lowest BCUT2D eigenvalue weighted by Gasteiger charge is -2.29. The Morgan fingerprint density at radius 2 is 1.82 bits per heavy atom. The van der Waals surface area contributed by atoms with E-state index in [4.69, 9.17) is 0 Å². The number of benzene rings is 2. The molecule has 0 aliphatic heterocycles. The van der Waals surface area contributed by atoms with Crippen molar-refractivity contribution in [3.05, 3.63) is 65.5 Å². The molecule has 9 heteroatoms. The number of carbonyl (C=O) groups is 2. The molecule has 7 nitrogen and oxygen atoms in total. The van der Waals surface area contributed by atoms with Crippen LogP contribution in [0.5, 0.6) is 0 Å². The van der Waals surface area contributed by atoms with Gasteiger partial charge in [0.2, 0.25) is 21.8 Å². The van der Waals surface area contributed by atoms with Gasteiger partial charge in [0, 0.05) is 31.6 Å². The van der Waals surface area contributed by atoms with Gasteiger partial charge in [-0.3, -0.25) is 13.9 Å². The summed E-state index contributed by atoms with van der Waals surface area (Å²) in [5, 5.41) is 2.69. The summed E-state index contributed by atoms with van der Waals surface area (Å²) in [6, 6.07) is 12.4. The van der Waals surface area contributed by atoms with E-state index in [1.54, 1.807) is 50.2 Å². The number of carbonyl (C=O) groups excluding carboxylic acids is 2. The number of nitrogens with zero attached hydrogens (tertiary/aromatic N) is 2. The van der Waals surface area contributed by atoms with E-state index in [0.29, 0.717) is 17.8 Å². The van der Waals surface area contributed by atoms with Crippen molar-refractivity contribution < 1.29 is 22.4 Å². The first-order valence-electron chi connectivity index (χ1n) is 10.9. The third kappa shape index (κ3) is 7.56. The third-order valence-electron chi connectivity index (χ3n) is 5.26. The van der Waals surface area contributed by atoms with Gasteiger partial charge in [-0.25, -0.2) is 12.8 Å². The van der Waals surface area contributed by atoms with Crippen LogP contribution in [0.4, 0.5) is 10.1 Å². The molecule has 0 fully saturated rings. The fraction of sp³-hybridized carbons (Fsp3) is 0.417. The quantitative estimate of drug-likeness (QED) is 0.538. The van der Waals surface area contributed by atoms with E-state index < -0.39 is 21.9 Å². The van der Waals surface area contributed by atoms with Gasteiger partial charge in [-0.05, 0) is 51.0 Å². The van der Waals surface area contributed by atoms with Crippen LogP contribution in [-0.2, 0) is 26.2 Å². The Hall–Kier alpha value is -2.94. The van der Waals surface area contributed by atoms with Gasteiger partial charge in [0.1, 0.15) is 11.9 Å². The Morgan fingerprint density at radius 3 is 2.42 bits per heavy atom. The average molecular weight is 478 g/mol. The predicted octanol–water partition coefficient (Wildman–Crippen LogP) is 3.23. The molecule has 0 aromatic heterocycles. The lowest BCUT2D eigenvalue weighted by molar-refractivity contribution is -0.140. The van der Waals surface area contributed by atoms with E-state index in [-0.39, 0.29) is 37.7 Å². The first-order chi connectivity index (χ1) is 15.5. The second kappa shape index (κ2) is 11.8. The van der Waals surface area contributed by atoms with Gasteiger partial charge in [0.25, 0.3) is 0 Å². The molecule has 0 radical (unpaired) electrons. The van der Waals surface area contributed by atoms with Crippen LogP contribution in [0.2, 0.25) is 0 Å². The molecule has 0 heterocycles. The number of hydrogen-bond acceptors (Lipinski definition) is 4. The van der Waals surface area contributed by atoms with Crippen molar-refractivity contribution in [3.63, 3.8) is 0 Å². The minimum absolute atomic E-state index is 0.00995. The van der Waals surface area contributed by atoms with E-state index in [9.17, 15) is 22.4 Å². The average Bonchev–Trinajstić information content (AvgIpc) is 2.74. The molecule has 0 unspecified atom stereocenters. The number of halogens is 1. The number of aryl methyl sites for hydroxylation is 1. The summed E-state index contributed by atoms with van der Waals surface area (Å²) in [7, 11) is -3.55. The molecule has 0 aliphatic rings. The van der Waals surface area contributed by atoms with Crippen LogP contribution in [0, 0.1) is 12.7 Å². The second-order valence-electron chi connectivity index (χ2n) is 7.96. The molecule has 2 rings (SSSR count). The van der Waals surface area contributed by atoms with Gasteiger partial charge in [-0.2, -0.15) is 0 Å². The van der Waals surface area contributed by atoms with Crippen LogP contribution in [-0.4, -0.2) is 50.5 Å². The molecule has 0 aliphatic carbocycles. The molecule has 0 saturated carbocycles. The van der Waals surface area contributed by atoms with Crippen LogP contribution in [0.3, 0.4) is 0 Å². The molecule has 180 valence electrons. The highest BCUT2D eigenvalue weighted by molar-refractivity contribution is 7.92. The minimum atomic E-state index is -3.55. The van der Waals surface area contributed by atoms with Crippen molar-refractivity contribution in [1.29, 1.82) is 0 Å². The topological polar surface area (TPSA) is 86.8 Å². The fourth-order valence-corrected chi connectivity index (χ4v) is 4.46. The smallest absolute Gasteiger partial charge is 0.242 e. The molecule has 1 atom stereocenters. The van der Waals surface area contributed by atoms with E-state index in [0.717, 1.165) is 11.8 Å². The standard InChI is InChI=1S/C24H32FN3O4S/c1-5-26-24(30)19(3)27(17-20-11-6-7-13-22(20)25)23(29)14-9-15-28(33(4,31)32)21-12-8-10-18(2)16-21/h6-8,10-13,16,19H,5,9,14-15,17H2,1-4H3,(H,26,30)/t19-/m1/s1. The lowest BCUT2D eigenvalue weighted by atomic mass is 10.1. The Labute approximate surface area is 195 Å². The number of nitrogens with one attached hydrogen (secondary N) is 1. The first-order valence-corrected chi connectivity index (χ1v) is 12.7. The summed E-state index contributed by atoms with van der Waals surface area (Å²) in [4.78, 5) is 26.8. The maximum atomic E-state index is 14.2. The Morgan fingerprint density at radius 1 is 1.12 bits per heavy atom. The van der Waals surface area contributed by atoms with Crippen molar-refractivity contribution in [2.24, 2.45) is 0 Å². The van der Waals surface area contributed by atoms with Crippen LogP contribution < -0.4 is 9.62 Å². The number of likely N-dealkylation sites (N-methyl/N-ethyl adjacent to an activating group) is 1. The van der Waals surface area contributed by atoms with E-state index in [1.807, 2.05) is 13.0 Å². The second-order valence-corrected chi connectivity index (χ2v) is 9.87. The van der Waals surface area contributed by atoms with Gasteiger partial charge < -0.3 is 10.2 Å². The van der Waals surface area contributed by atoms with Crippen molar-refractivity contribution >= 4 is 27.5 Å². The molecule has 0 saturated heterocycles. The maximum Gasteiger partial charge on any atom is 0.242 e. The molecule has 1 N–H and O–H groups in total. The van der Waals surface area contributed by atoms with Crippen LogP contribution in [0.15, 0.2) is 48.5 Å². The summed E-state index contributed by atoms with van der Waals surface area (Å²) in [5.41, 5.74) is 1.76. The SMILES string of the molecule is CCNC(=O)[C@@H](C)N(Cc1ccccc1F)C(=O)CCCN(c1cccc(C)c1)S(C)(=O)=O. The van der Waals surface area contributed by atoms with Crippen LogP contribution in [0.1, 0.15) is 37.8 Å².